The summed E-state index contributed by atoms with van der Waals surface area (Å²) in [4.78, 5) is 10.7. The molecule has 0 spiro atoms. The van der Waals surface area contributed by atoms with E-state index in [4.69, 9.17) is 0 Å². The minimum Gasteiger partial charge on any atom is -0.333 e. The van der Waals surface area contributed by atoms with E-state index >= 15 is 0 Å². The van der Waals surface area contributed by atoms with Crippen molar-refractivity contribution in [3.8, 4) is 11.1 Å². The fourth-order valence-electron chi connectivity index (χ4n) is 1.76. The van der Waals surface area contributed by atoms with Gasteiger partial charge in [0, 0.05) is 5.56 Å². The van der Waals surface area contributed by atoms with Gasteiger partial charge in [-0.3, -0.25) is 4.79 Å². The lowest BCUT2D eigenvalue weighted by Gasteiger charge is -2.04. The lowest BCUT2D eigenvalue weighted by atomic mass is 10.0. The molecule has 0 aliphatic carbocycles. The van der Waals surface area contributed by atoms with E-state index in [0.717, 1.165) is 23.8 Å². The van der Waals surface area contributed by atoms with Gasteiger partial charge in [0.05, 0.1) is 0 Å². The highest BCUT2D eigenvalue weighted by Crippen LogP contribution is 2.21. The molecule has 2 aromatic rings. The van der Waals surface area contributed by atoms with Crippen molar-refractivity contribution in [2.24, 2.45) is 5.73 Å². The third kappa shape index (κ3) is 5.37. The van der Waals surface area contributed by atoms with Gasteiger partial charge in [-0.2, -0.15) is 0 Å². The first-order valence-electron chi connectivity index (χ1n) is 7.06. The van der Waals surface area contributed by atoms with E-state index in [1.807, 2.05) is 38.1 Å². The summed E-state index contributed by atoms with van der Waals surface area (Å²) in [5.41, 5.74) is 8.80. The molecule has 108 valence electrons. The Labute approximate surface area is 122 Å². The number of hydrogen-bond donors (Lipinski definition) is 1. The largest absolute Gasteiger partial charge is 0.333 e. The number of benzene rings is 2. The Balaban J connectivity index is 0.000000829. The summed E-state index contributed by atoms with van der Waals surface area (Å²) >= 11 is 0. The third-order valence-corrected chi connectivity index (χ3v) is 2.69. The normalized spacial score (nSPS) is 8.65. The number of hydrogen-bond acceptors (Lipinski definition) is 2. The fourth-order valence-corrected chi connectivity index (χ4v) is 1.76. The maximum absolute atomic E-state index is 10.7. The van der Waals surface area contributed by atoms with Gasteiger partial charge >= 0.3 is 0 Å². The number of aldehydes is 1. The van der Waals surface area contributed by atoms with Crippen LogP contribution in [0.5, 0.6) is 0 Å². The Hall–Kier alpha value is -1.93. The summed E-state index contributed by atoms with van der Waals surface area (Å²) in [6.45, 7) is 6.14. The van der Waals surface area contributed by atoms with Crippen LogP contribution < -0.4 is 5.73 Å². The highest BCUT2D eigenvalue weighted by Gasteiger charge is 1.99. The Morgan fingerprint density at radius 1 is 0.950 bits per heavy atom. The highest BCUT2D eigenvalue weighted by atomic mass is 16.1. The zero-order valence-electron chi connectivity index (χ0n) is 12.9. The second-order valence-corrected chi connectivity index (χ2v) is 3.80. The van der Waals surface area contributed by atoms with Crippen LogP contribution in [0.1, 0.15) is 36.7 Å². The molecule has 0 saturated heterocycles. The molecular weight excluding hydrogens is 246 g/mol. The molecule has 0 aliphatic rings. The Morgan fingerprint density at radius 2 is 1.50 bits per heavy atom. The molecule has 0 saturated carbocycles. The van der Waals surface area contributed by atoms with Crippen molar-refractivity contribution in [3.05, 3.63) is 59.7 Å². The van der Waals surface area contributed by atoms with Gasteiger partial charge in [0.25, 0.3) is 0 Å². The molecule has 0 heterocycles. The van der Waals surface area contributed by atoms with Gasteiger partial charge in [-0.25, -0.2) is 0 Å². The molecule has 0 radical (unpaired) electrons. The molecule has 0 amide bonds. The van der Waals surface area contributed by atoms with Gasteiger partial charge in [0.15, 0.2) is 0 Å². The van der Waals surface area contributed by atoms with Crippen molar-refractivity contribution in [3.63, 3.8) is 0 Å². The minimum atomic E-state index is 0.722. The van der Waals surface area contributed by atoms with Gasteiger partial charge in [0.1, 0.15) is 6.29 Å². The van der Waals surface area contributed by atoms with Crippen molar-refractivity contribution < 1.29 is 4.79 Å². The maximum Gasteiger partial charge on any atom is 0.150 e. The molecule has 0 aromatic heterocycles. The van der Waals surface area contributed by atoms with Crippen LogP contribution in [-0.4, -0.2) is 13.3 Å². The Bertz CT molecular complexity index is 506. The zero-order valence-corrected chi connectivity index (χ0v) is 12.9. The molecule has 0 bridgehead atoms. The summed E-state index contributed by atoms with van der Waals surface area (Å²) in [6, 6.07) is 16.1. The van der Waals surface area contributed by atoms with Gasteiger partial charge in [-0.15, -0.1) is 0 Å². The number of aryl methyl sites for hydroxylation is 1. The molecule has 0 fully saturated rings. The monoisotopic (exact) mass is 271 g/mol. The van der Waals surface area contributed by atoms with Crippen molar-refractivity contribution in [2.45, 2.75) is 27.2 Å². The van der Waals surface area contributed by atoms with Gasteiger partial charge in [0.2, 0.25) is 0 Å². The molecule has 2 aromatic carbocycles. The summed E-state index contributed by atoms with van der Waals surface area (Å²) in [6.07, 6.45) is 1.91. The third-order valence-electron chi connectivity index (χ3n) is 2.69. The predicted molar refractivity (Wildman–Crippen MR) is 88.1 cm³/mol. The van der Waals surface area contributed by atoms with E-state index < -0.39 is 0 Å². The molecule has 0 unspecified atom stereocenters. The van der Waals surface area contributed by atoms with Crippen LogP contribution in [0, 0.1) is 0 Å². The zero-order chi connectivity index (χ0) is 15.4. The van der Waals surface area contributed by atoms with Crippen molar-refractivity contribution in [1.82, 2.24) is 0 Å². The molecule has 2 nitrogen and oxygen atoms in total. The van der Waals surface area contributed by atoms with Crippen LogP contribution in [-0.2, 0) is 6.42 Å². The lowest BCUT2D eigenvalue weighted by molar-refractivity contribution is 0.112. The van der Waals surface area contributed by atoms with E-state index in [0.29, 0.717) is 0 Å². The summed E-state index contributed by atoms with van der Waals surface area (Å²) in [7, 11) is 1.50. The molecule has 0 aliphatic heterocycles. The molecule has 2 N–H and O–H groups in total. The number of rotatable bonds is 3. The quantitative estimate of drug-likeness (QED) is 0.844. The Kier molecular flexibility index (Phi) is 9.89. The predicted octanol–water partition coefficient (Wildman–Crippen LogP) is 4.33. The van der Waals surface area contributed by atoms with Crippen molar-refractivity contribution >= 4 is 6.29 Å². The van der Waals surface area contributed by atoms with Crippen LogP contribution in [0.4, 0.5) is 0 Å². The van der Waals surface area contributed by atoms with E-state index in [9.17, 15) is 4.79 Å². The van der Waals surface area contributed by atoms with E-state index in [2.05, 4.69) is 36.9 Å². The first-order valence-corrected chi connectivity index (χ1v) is 7.06. The number of carbonyl (C=O) groups excluding carboxylic acids is 1. The molecular formula is C18H25NO. The van der Waals surface area contributed by atoms with Gasteiger partial charge in [-0.05, 0) is 36.2 Å². The molecule has 0 atom stereocenters. The number of nitrogens with two attached hydrogens (primary N) is 1. The summed E-state index contributed by atoms with van der Waals surface area (Å²) in [5.74, 6) is 0. The SMILES string of the molecule is CC.CCc1cccc(-c2cccc(C=O)c2)c1.CN. The average Bonchev–Trinajstić information content (AvgIpc) is 2.58. The smallest absolute Gasteiger partial charge is 0.150 e. The fraction of sp³-hybridized carbons (Fsp3) is 0.278. The molecule has 2 heteroatoms. The highest BCUT2D eigenvalue weighted by molar-refractivity contribution is 5.78. The minimum absolute atomic E-state index is 0.722. The average molecular weight is 271 g/mol. The van der Waals surface area contributed by atoms with Crippen molar-refractivity contribution in [1.29, 1.82) is 0 Å². The van der Waals surface area contributed by atoms with Crippen LogP contribution >= 0.6 is 0 Å². The van der Waals surface area contributed by atoms with Crippen LogP contribution in [0.3, 0.4) is 0 Å². The molecule has 20 heavy (non-hydrogen) atoms. The van der Waals surface area contributed by atoms with E-state index in [1.165, 1.54) is 18.2 Å². The second kappa shape index (κ2) is 10.9. The first-order chi connectivity index (χ1) is 9.83. The standard InChI is InChI=1S/C15H14O.C2H6.CH5N/c1-2-12-5-3-7-14(9-12)15-8-4-6-13(10-15)11-16;2*1-2/h3-11H,2H2,1H3;1-2H3;2H2,1H3. The first kappa shape index (κ1) is 18.1. The van der Waals surface area contributed by atoms with Crippen LogP contribution in [0.25, 0.3) is 11.1 Å². The van der Waals surface area contributed by atoms with Crippen molar-refractivity contribution in [2.75, 3.05) is 7.05 Å². The maximum atomic E-state index is 10.7. The summed E-state index contributed by atoms with van der Waals surface area (Å²) in [5, 5.41) is 0. The Morgan fingerprint density at radius 3 is 2.05 bits per heavy atom. The van der Waals surface area contributed by atoms with Crippen LogP contribution in [0.15, 0.2) is 48.5 Å². The summed E-state index contributed by atoms with van der Waals surface area (Å²) < 4.78 is 0. The number of carbonyl (C=O) groups is 1. The van der Waals surface area contributed by atoms with Crippen LogP contribution in [0.2, 0.25) is 0 Å². The second-order valence-electron chi connectivity index (χ2n) is 3.80. The van der Waals surface area contributed by atoms with E-state index in [1.54, 1.807) is 0 Å². The van der Waals surface area contributed by atoms with Gasteiger partial charge in [-0.1, -0.05) is 63.2 Å². The topological polar surface area (TPSA) is 43.1 Å². The van der Waals surface area contributed by atoms with E-state index in [-0.39, 0.29) is 0 Å². The lowest BCUT2D eigenvalue weighted by Crippen LogP contribution is -1.84. The van der Waals surface area contributed by atoms with Gasteiger partial charge < -0.3 is 5.73 Å². The molecule has 2 rings (SSSR count).